The number of hydrogen-bond donors (Lipinski definition) is 2. The second kappa shape index (κ2) is 8.40. The third-order valence-corrected chi connectivity index (χ3v) is 4.46. The quantitative estimate of drug-likeness (QED) is 0.676. The molecule has 0 unspecified atom stereocenters. The zero-order valence-electron chi connectivity index (χ0n) is 15.5. The van der Waals surface area contributed by atoms with Gasteiger partial charge in [-0.2, -0.15) is 0 Å². The second-order valence-corrected chi connectivity index (χ2v) is 6.32. The van der Waals surface area contributed by atoms with Crippen LogP contribution >= 0.6 is 0 Å². The van der Waals surface area contributed by atoms with Gasteiger partial charge in [0.15, 0.2) is 0 Å². The Kier molecular flexibility index (Phi) is 5.76. The minimum atomic E-state index is -0.194. The van der Waals surface area contributed by atoms with Crippen molar-refractivity contribution in [2.24, 2.45) is 0 Å². The summed E-state index contributed by atoms with van der Waals surface area (Å²) in [4.78, 5) is 29.3. The maximum Gasteiger partial charge on any atom is 0.256 e. The summed E-state index contributed by atoms with van der Waals surface area (Å²) in [6.45, 7) is 0.485. The molecule has 0 aliphatic rings. The molecule has 0 atom stereocenters. The van der Waals surface area contributed by atoms with Crippen LogP contribution in [0, 0.1) is 0 Å². The van der Waals surface area contributed by atoms with Crippen molar-refractivity contribution in [1.82, 2.24) is 15.2 Å². The van der Waals surface area contributed by atoms with Crippen molar-refractivity contribution >= 4 is 22.7 Å². The molecule has 0 fully saturated rings. The molecule has 6 nitrogen and oxygen atoms in total. The zero-order chi connectivity index (χ0) is 19.2. The first-order valence-electron chi connectivity index (χ1n) is 8.80. The minimum Gasteiger partial charge on any atom is -0.496 e. The lowest BCUT2D eigenvalue weighted by molar-refractivity contribution is -0.121. The third-order valence-electron chi connectivity index (χ3n) is 4.46. The Morgan fingerprint density at radius 1 is 1.11 bits per heavy atom. The van der Waals surface area contributed by atoms with E-state index < -0.39 is 0 Å². The van der Waals surface area contributed by atoms with Crippen LogP contribution in [-0.4, -0.2) is 48.9 Å². The van der Waals surface area contributed by atoms with Gasteiger partial charge in [0.2, 0.25) is 5.91 Å². The standard InChI is InChI=1S/C21H23N3O3/c1-24(21(26)17-13-23-18-9-5-4-8-16(17)18)14-20(25)22-12-11-15-7-3-6-10-19(15)27-2/h3-10,13,23H,11-12,14H2,1-2H3,(H,22,25). The Hall–Kier alpha value is -3.28. The monoisotopic (exact) mass is 365 g/mol. The molecule has 0 saturated carbocycles. The Morgan fingerprint density at radius 3 is 2.67 bits per heavy atom. The molecule has 1 aromatic heterocycles. The maximum atomic E-state index is 12.6. The SMILES string of the molecule is COc1ccccc1CCNC(=O)CN(C)C(=O)c1c[nH]c2ccccc12. The molecule has 0 radical (unpaired) electrons. The van der Waals surface area contributed by atoms with Crippen molar-refractivity contribution in [1.29, 1.82) is 0 Å². The van der Waals surface area contributed by atoms with Gasteiger partial charge in [-0.25, -0.2) is 0 Å². The molecule has 2 aromatic carbocycles. The molecule has 3 aromatic rings. The van der Waals surface area contributed by atoms with Crippen molar-refractivity contribution < 1.29 is 14.3 Å². The third kappa shape index (κ3) is 4.28. The summed E-state index contributed by atoms with van der Waals surface area (Å²) in [7, 11) is 3.26. The average Bonchev–Trinajstić information content (AvgIpc) is 3.11. The number of hydrogen-bond acceptors (Lipinski definition) is 3. The lowest BCUT2D eigenvalue weighted by Crippen LogP contribution is -2.39. The molecule has 2 N–H and O–H groups in total. The molecule has 0 aliphatic carbocycles. The molecule has 1 heterocycles. The predicted molar refractivity (Wildman–Crippen MR) is 105 cm³/mol. The van der Waals surface area contributed by atoms with E-state index in [4.69, 9.17) is 4.74 Å². The first-order chi connectivity index (χ1) is 13.1. The fraction of sp³-hybridized carbons (Fsp3) is 0.238. The summed E-state index contributed by atoms with van der Waals surface area (Å²) in [6, 6.07) is 15.3. The van der Waals surface area contributed by atoms with Crippen molar-refractivity contribution in [3.63, 3.8) is 0 Å². The van der Waals surface area contributed by atoms with Crippen LogP contribution < -0.4 is 10.1 Å². The Morgan fingerprint density at radius 2 is 1.85 bits per heavy atom. The van der Waals surface area contributed by atoms with Crippen LogP contribution in [0.15, 0.2) is 54.7 Å². The van der Waals surface area contributed by atoms with Crippen molar-refractivity contribution in [2.45, 2.75) is 6.42 Å². The fourth-order valence-corrected chi connectivity index (χ4v) is 3.04. The fourth-order valence-electron chi connectivity index (χ4n) is 3.04. The molecule has 0 bridgehead atoms. The van der Waals surface area contributed by atoms with Crippen LogP contribution in [0.25, 0.3) is 10.9 Å². The molecule has 2 amide bonds. The number of para-hydroxylation sites is 2. The average molecular weight is 365 g/mol. The van der Waals surface area contributed by atoms with Gasteiger partial charge in [0.1, 0.15) is 5.75 Å². The number of benzene rings is 2. The molecular weight excluding hydrogens is 342 g/mol. The highest BCUT2D eigenvalue weighted by Gasteiger charge is 2.18. The Balaban J connectivity index is 1.53. The number of ether oxygens (including phenoxy) is 1. The maximum absolute atomic E-state index is 12.6. The van der Waals surface area contributed by atoms with Gasteiger partial charge in [-0.1, -0.05) is 36.4 Å². The first kappa shape index (κ1) is 18.5. The van der Waals surface area contributed by atoms with Gasteiger partial charge >= 0.3 is 0 Å². The van der Waals surface area contributed by atoms with E-state index in [0.29, 0.717) is 18.5 Å². The summed E-state index contributed by atoms with van der Waals surface area (Å²) in [5.74, 6) is 0.422. The number of carbonyl (C=O) groups excluding carboxylic acids is 2. The van der Waals surface area contributed by atoms with E-state index in [1.165, 1.54) is 4.90 Å². The summed E-state index contributed by atoms with van der Waals surface area (Å²) < 4.78 is 5.31. The minimum absolute atomic E-state index is 0.00423. The van der Waals surface area contributed by atoms with E-state index in [1.54, 1.807) is 20.4 Å². The molecule has 0 aliphatic heterocycles. The number of amides is 2. The van der Waals surface area contributed by atoms with Gasteiger partial charge in [0.25, 0.3) is 5.91 Å². The van der Waals surface area contributed by atoms with Crippen LogP contribution in [0.1, 0.15) is 15.9 Å². The number of rotatable bonds is 7. The molecule has 140 valence electrons. The highest BCUT2D eigenvalue weighted by molar-refractivity contribution is 6.07. The van der Waals surface area contributed by atoms with E-state index in [2.05, 4.69) is 10.3 Å². The first-order valence-corrected chi connectivity index (χ1v) is 8.80. The van der Waals surface area contributed by atoms with Crippen LogP contribution in [0.3, 0.4) is 0 Å². The normalized spacial score (nSPS) is 10.6. The molecule has 27 heavy (non-hydrogen) atoms. The van der Waals surface area contributed by atoms with Gasteiger partial charge in [-0.15, -0.1) is 0 Å². The largest absolute Gasteiger partial charge is 0.496 e. The zero-order valence-corrected chi connectivity index (χ0v) is 15.5. The predicted octanol–water partition coefficient (Wildman–Crippen LogP) is 2.61. The number of nitrogens with one attached hydrogen (secondary N) is 2. The summed E-state index contributed by atoms with van der Waals surface area (Å²) in [5, 5.41) is 3.71. The lowest BCUT2D eigenvalue weighted by atomic mass is 10.1. The number of likely N-dealkylation sites (N-methyl/N-ethyl adjacent to an activating group) is 1. The van der Waals surface area contributed by atoms with E-state index in [9.17, 15) is 9.59 Å². The lowest BCUT2D eigenvalue weighted by Gasteiger charge is -2.16. The number of aromatic nitrogens is 1. The van der Waals surface area contributed by atoms with Crippen LogP contribution in [0.4, 0.5) is 0 Å². The van der Waals surface area contributed by atoms with Gasteiger partial charge in [0.05, 0.1) is 19.2 Å². The summed E-state index contributed by atoms with van der Waals surface area (Å²) in [5.41, 5.74) is 2.49. The Bertz CT molecular complexity index is 949. The molecule has 6 heteroatoms. The van der Waals surface area contributed by atoms with Crippen molar-refractivity contribution in [2.75, 3.05) is 27.2 Å². The number of methoxy groups -OCH3 is 1. The van der Waals surface area contributed by atoms with Gasteiger partial charge in [-0.3, -0.25) is 9.59 Å². The van der Waals surface area contributed by atoms with Crippen LogP contribution in [0.2, 0.25) is 0 Å². The molecule has 0 saturated heterocycles. The Labute approximate surface area is 158 Å². The number of nitrogens with zero attached hydrogens (tertiary/aromatic N) is 1. The van der Waals surface area contributed by atoms with Crippen molar-refractivity contribution in [3.05, 3.63) is 65.9 Å². The second-order valence-electron chi connectivity index (χ2n) is 6.32. The topological polar surface area (TPSA) is 74.4 Å². The number of carbonyl (C=O) groups is 2. The van der Waals surface area contributed by atoms with E-state index in [1.807, 2.05) is 48.5 Å². The van der Waals surface area contributed by atoms with Crippen molar-refractivity contribution in [3.8, 4) is 5.75 Å². The van der Waals surface area contributed by atoms with E-state index in [0.717, 1.165) is 22.2 Å². The highest BCUT2D eigenvalue weighted by Crippen LogP contribution is 2.19. The molecule has 0 spiro atoms. The van der Waals surface area contributed by atoms with Gasteiger partial charge in [-0.05, 0) is 24.1 Å². The summed E-state index contributed by atoms with van der Waals surface area (Å²) >= 11 is 0. The van der Waals surface area contributed by atoms with E-state index in [-0.39, 0.29) is 18.4 Å². The summed E-state index contributed by atoms with van der Waals surface area (Å²) in [6.07, 6.45) is 2.35. The number of aromatic amines is 1. The molecular formula is C21H23N3O3. The van der Waals surface area contributed by atoms with Crippen LogP contribution in [-0.2, 0) is 11.2 Å². The number of fused-ring (bicyclic) bond motifs is 1. The van der Waals surface area contributed by atoms with Gasteiger partial charge < -0.3 is 19.9 Å². The van der Waals surface area contributed by atoms with Gasteiger partial charge in [0, 0.05) is 30.7 Å². The van der Waals surface area contributed by atoms with Crippen LogP contribution in [0.5, 0.6) is 5.75 Å². The smallest absolute Gasteiger partial charge is 0.256 e. The highest BCUT2D eigenvalue weighted by atomic mass is 16.5. The molecule has 3 rings (SSSR count). The number of H-pyrrole nitrogens is 1. The van der Waals surface area contributed by atoms with E-state index >= 15 is 0 Å².